The van der Waals surface area contributed by atoms with E-state index in [-0.39, 0.29) is 6.42 Å². The van der Waals surface area contributed by atoms with E-state index in [1.165, 1.54) is 24.7 Å². The number of rotatable bonds is 10. The average Bonchev–Trinajstić information content (AvgIpc) is 2.35. The van der Waals surface area contributed by atoms with Crippen molar-refractivity contribution in [3.8, 4) is 0 Å². The highest BCUT2D eigenvalue weighted by molar-refractivity contribution is 5.42. The average molecular weight is 251 g/mol. The van der Waals surface area contributed by atoms with Gasteiger partial charge in [-0.3, -0.25) is 0 Å². The van der Waals surface area contributed by atoms with E-state index in [1.807, 2.05) is 0 Å². The quantitative estimate of drug-likeness (QED) is 0.339. The van der Waals surface area contributed by atoms with E-state index < -0.39 is 5.79 Å². The molecule has 0 fully saturated rings. The van der Waals surface area contributed by atoms with Crippen molar-refractivity contribution in [1.29, 1.82) is 0 Å². The van der Waals surface area contributed by atoms with Gasteiger partial charge in [-0.2, -0.15) is 15.0 Å². The van der Waals surface area contributed by atoms with Crippen LogP contribution in [0.15, 0.2) is 15.0 Å². The summed E-state index contributed by atoms with van der Waals surface area (Å²) < 4.78 is 0. The molecule has 0 aliphatic carbocycles. The molecule has 0 spiro atoms. The number of carbonyl (C=O) groups excluding carboxylic acids is 3. The zero-order chi connectivity index (χ0) is 13.7. The van der Waals surface area contributed by atoms with Crippen molar-refractivity contribution in [2.45, 2.75) is 57.7 Å². The molecule has 6 heteroatoms. The Morgan fingerprint density at radius 3 is 1.67 bits per heavy atom. The Bertz CT molecular complexity index is 330. The van der Waals surface area contributed by atoms with E-state index >= 15 is 0 Å². The molecule has 0 unspecified atom stereocenters. The first-order valence-corrected chi connectivity index (χ1v) is 6.01. The Balaban J connectivity index is 4.37. The summed E-state index contributed by atoms with van der Waals surface area (Å²) in [6, 6.07) is 0. The number of hydrogen-bond acceptors (Lipinski definition) is 6. The molecule has 6 nitrogen and oxygen atoms in total. The highest BCUT2D eigenvalue weighted by Gasteiger charge is 2.28. The Hall–Kier alpha value is -1.86. The molecule has 98 valence electrons. The van der Waals surface area contributed by atoms with Crippen LogP contribution >= 0.6 is 0 Å². The number of unbranched alkanes of at least 4 members (excludes halogenated alkanes) is 5. The minimum absolute atomic E-state index is 0.207. The minimum Gasteiger partial charge on any atom is -0.211 e. The monoisotopic (exact) mass is 251 g/mol. The summed E-state index contributed by atoms with van der Waals surface area (Å²) in [6.07, 6.45) is 10.1. The minimum atomic E-state index is -1.70. The van der Waals surface area contributed by atoms with Crippen molar-refractivity contribution in [3.63, 3.8) is 0 Å². The molecular weight excluding hydrogens is 234 g/mol. The molecule has 0 aromatic heterocycles. The topological polar surface area (TPSA) is 88.3 Å². The van der Waals surface area contributed by atoms with Crippen LogP contribution in [0.4, 0.5) is 0 Å². The first-order chi connectivity index (χ1) is 8.74. The van der Waals surface area contributed by atoms with Gasteiger partial charge >= 0.3 is 0 Å². The molecule has 0 aromatic carbocycles. The molecule has 0 rings (SSSR count). The number of aliphatic imine (C=N–C) groups is 3. The lowest BCUT2D eigenvalue weighted by atomic mass is 10.1. The van der Waals surface area contributed by atoms with E-state index in [0.717, 1.165) is 25.7 Å². The molecule has 0 amide bonds. The van der Waals surface area contributed by atoms with E-state index in [4.69, 9.17) is 0 Å². The fourth-order valence-electron chi connectivity index (χ4n) is 1.60. The van der Waals surface area contributed by atoms with E-state index in [2.05, 4.69) is 21.9 Å². The van der Waals surface area contributed by atoms with Crippen molar-refractivity contribution in [2.75, 3.05) is 0 Å². The fourth-order valence-corrected chi connectivity index (χ4v) is 1.60. The maximum absolute atomic E-state index is 10.3. The van der Waals surface area contributed by atoms with Crippen LogP contribution in [-0.4, -0.2) is 24.0 Å². The van der Waals surface area contributed by atoms with Gasteiger partial charge in [0, 0.05) is 6.42 Å². The van der Waals surface area contributed by atoms with Crippen LogP contribution in [-0.2, 0) is 14.4 Å². The fraction of sp³-hybridized carbons (Fsp3) is 0.750. The molecule has 0 aromatic rings. The molecule has 0 saturated carbocycles. The van der Waals surface area contributed by atoms with Crippen molar-refractivity contribution in [1.82, 2.24) is 0 Å². The molecular formula is C12H17N3O3. The summed E-state index contributed by atoms with van der Waals surface area (Å²) in [5.41, 5.74) is 0. The largest absolute Gasteiger partial charge is 0.277 e. The van der Waals surface area contributed by atoms with Gasteiger partial charge in [-0.1, -0.05) is 39.0 Å². The Morgan fingerprint density at radius 1 is 0.778 bits per heavy atom. The van der Waals surface area contributed by atoms with Crippen LogP contribution < -0.4 is 0 Å². The lowest BCUT2D eigenvalue weighted by Gasteiger charge is -2.14. The Kier molecular flexibility index (Phi) is 9.24. The van der Waals surface area contributed by atoms with Crippen molar-refractivity contribution in [2.24, 2.45) is 15.0 Å². The maximum Gasteiger partial charge on any atom is 0.277 e. The molecule has 0 heterocycles. The molecule has 0 aliphatic rings. The first-order valence-electron chi connectivity index (χ1n) is 6.01. The van der Waals surface area contributed by atoms with Crippen molar-refractivity contribution >= 4 is 18.2 Å². The van der Waals surface area contributed by atoms with Gasteiger partial charge in [0.05, 0.1) is 0 Å². The maximum atomic E-state index is 10.3. The number of nitrogens with zero attached hydrogens (tertiary/aromatic N) is 3. The zero-order valence-corrected chi connectivity index (χ0v) is 10.5. The van der Waals surface area contributed by atoms with E-state index in [1.54, 1.807) is 0 Å². The van der Waals surface area contributed by atoms with E-state index in [0.29, 0.717) is 6.42 Å². The first kappa shape index (κ1) is 16.1. The van der Waals surface area contributed by atoms with Crippen LogP contribution in [0.3, 0.4) is 0 Å². The van der Waals surface area contributed by atoms with Gasteiger partial charge in [-0.15, -0.1) is 0 Å². The number of isocyanates is 3. The zero-order valence-electron chi connectivity index (χ0n) is 10.5. The van der Waals surface area contributed by atoms with Gasteiger partial charge in [0.25, 0.3) is 5.79 Å². The third kappa shape index (κ3) is 6.66. The number of hydrogen-bond donors (Lipinski definition) is 0. The summed E-state index contributed by atoms with van der Waals surface area (Å²) in [5.74, 6) is -1.70. The van der Waals surface area contributed by atoms with Gasteiger partial charge in [-0.05, 0) is 6.42 Å². The third-order valence-corrected chi connectivity index (χ3v) is 2.54. The lowest BCUT2D eigenvalue weighted by Crippen LogP contribution is -2.20. The second-order valence-corrected chi connectivity index (χ2v) is 3.90. The molecule has 0 atom stereocenters. The molecule has 0 saturated heterocycles. The standard InChI is InChI=1S/C12H17N3O3/c1-2-3-4-5-6-7-8-12(13-9-16,14-10-17)15-11-18/h2-8H2,1H3. The molecule has 0 aliphatic heterocycles. The van der Waals surface area contributed by atoms with Crippen LogP contribution in [0.5, 0.6) is 0 Å². The predicted octanol–water partition coefficient (Wildman–Crippen LogP) is 2.40. The van der Waals surface area contributed by atoms with Gasteiger partial charge in [0.1, 0.15) is 0 Å². The smallest absolute Gasteiger partial charge is 0.211 e. The second-order valence-electron chi connectivity index (χ2n) is 3.90. The van der Waals surface area contributed by atoms with Gasteiger partial charge in [-0.25, -0.2) is 14.4 Å². The van der Waals surface area contributed by atoms with Gasteiger partial charge in [0.2, 0.25) is 18.2 Å². The van der Waals surface area contributed by atoms with Gasteiger partial charge in [0.15, 0.2) is 0 Å². The summed E-state index contributed by atoms with van der Waals surface area (Å²) in [6.45, 7) is 2.13. The summed E-state index contributed by atoms with van der Waals surface area (Å²) >= 11 is 0. The van der Waals surface area contributed by atoms with Crippen LogP contribution in [0.1, 0.15) is 51.9 Å². The normalized spacial score (nSPS) is 12.5. The summed E-state index contributed by atoms with van der Waals surface area (Å²) in [5, 5.41) is 0. The SMILES string of the molecule is CCCCCCCCC(N=C=O)(N=C=O)N=C=O. The summed E-state index contributed by atoms with van der Waals surface area (Å²) in [7, 11) is 0. The van der Waals surface area contributed by atoms with E-state index in [9.17, 15) is 14.4 Å². The molecule has 0 bridgehead atoms. The highest BCUT2D eigenvalue weighted by Crippen LogP contribution is 2.22. The second kappa shape index (κ2) is 10.3. The third-order valence-electron chi connectivity index (χ3n) is 2.54. The molecule has 0 radical (unpaired) electrons. The summed E-state index contributed by atoms with van der Waals surface area (Å²) in [4.78, 5) is 40.7. The van der Waals surface area contributed by atoms with Crippen molar-refractivity contribution < 1.29 is 14.4 Å². The van der Waals surface area contributed by atoms with Crippen molar-refractivity contribution in [3.05, 3.63) is 0 Å². The Labute approximate surface area is 106 Å². The van der Waals surface area contributed by atoms with Crippen LogP contribution in [0, 0.1) is 0 Å². The molecule has 18 heavy (non-hydrogen) atoms. The predicted molar refractivity (Wildman–Crippen MR) is 65.1 cm³/mol. The Morgan fingerprint density at radius 2 is 1.22 bits per heavy atom. The van der Waals surface area contributed by atoms with Crippen LogP contribution in [0.2, 0.25) is 0 Å². The van der Waals surface area contributed by atoms with Gasteiger partial charge < -0.3 is 0 Å². The highest BCUT2D eigenvalue weighted by atomic mass is 16.1. The lowest BCUT2D eigenvalue weighted by molar-refractivity contribution is 0.398. The molecule has 0 N–H and O–H groups in total. The van der Waals surface area contributed by atoms with Crippen LogP contribution in [0.25, 0.3) is 0 Å².